The molecule has 0 radical (unpaired) electrons. The SMILES string of the molecule is CN(CC1CC(=O)N(C2CCCC2)C1)C(=O)CN1Cc2ccccc2C1.O=CO. The summed E-state index contributed by atoms with van der Waals surface area (Å²) >= 11 is 0. The van der Waals surface area contributed by atoms with E-state index in [0.717, 1.165) is 32.5 Å². The highest BCUT2D eigenvalue weighted by Crippen LogP contribution is 2.29. The Kier molecular flexibility index (Phi) is 7.25. The van der Waals surface area contributed by atoms with E-state index in [4.69, 9.17) is 9.90 Å². The molecule has 2 fully saturated rings. The molecular formula is C22H31N3O4. The molecule has 1 atom stereocenters. The summed E-state index contributed by atoms with van der Waals surface area (Å²) in [5.74, 6) is 0.732. The van der Waals surface area contributed by atoms with Crippen LogP contribution in [-0.4, -0.2) is 70.8 Å². The Morgan fingerprint density at radius 3 is 2.38 bits per heavy atom. The van der Waals surface area contributed by atoms with E-state index < -0.39 is 0 Å². The molecule has 0 aromatic heterocycles. The molecule has 4 rings (SSSR count). The number of carbonyl (C=O) groups is 3. The summed E-state index contributed by atoms with van der Waals surface area (Å²) in [4.78, 5) is 39.5. The van der Waals surface area contributed by atoms with Crippen LogP contribution < -0.4 is 0 Å². The fourth-order valence-corrected chi connectivity index (χ4v) is 4.82. The smallest absolute Gasteiger partial charge is 0.290 e. The van der Waals surface area contributed by atoms with Crippen LogP contribution in [0, 0.1) is 5.92 Å². The van der Waals surface area contributed by atoms with Gasteiger partial charge in [-0.15, -0.1) is 0 Å². The largest absolute Gasteiger partial charge is 0.483 e. The monoisotopic (exact) mass is 401 g/mol. The van der Waals surface area contributed by atoms with Crippen molar-refractivity contribution in [1.82, 2.24) is 14.7 Å². The van der Waals surface area contributed by atoms with Crippen LogP contribution in [-0.2, 0) is 27.5 Å². The van der Waals surface area contributed by atoms with E-state index in [-0.39, 0.29) is 24.2 Å². The van der Waals surface area contributed by atoms with Gasteiger partial charge in [-0.3, -0.25) is 19.3 Å². The standard InChI is InChI=1S/C21H29N3O2.CH2O2/c1-22(11-16-10-20(25)24(12-16)19-8-4-5-9-19)21(26)15-23-13-17-6-2-3-7-18(17)14-23;2-1-3/h2-3,6-7,16,19H,4-5,8-15H2,1H3;1H,(H,2,3). The Morgan fingerprint density at radius 2 is 1.79 bits per heavy atom. The highest BCUT2D eigenvalue weighted by Gasteiger charge is 2.36. The second kappa shape index (κ2) is 9.87. The van der Waals surface area contributed by atoms with Crippen LogP contribution in [0.4, 0.5) is 0 Å². The van der Waals surface area contributed by atoms with Crippen molar-refractivity contribution in [2.45, 2.75) is 51.2 Å². The molecule has 7 heteroatoms. The van der Waals surface area contributed by atoms with Crippen molar-refractivity contribution in [2.75, 3.05) is 26.7 Å². The first-order valence-corrected chi connectivity index (χ1v) is 10.4. The quantitative estimate of drug-likeness (QED) is 0.763. The molecule has 29 heavy (non-hydrogen) atoms. The average Bonchev–Trinajstić information content (AvgIpc) is 3.41. The number of hydrogen-bond acceptors (Lipinski definition) is 4. The minimum Gasteiger partial charge on any atom is -0.483 e. The molecule has 158 valence electrons. The molecule has 0 bridgehead atoms. The van der Waals surface area contributed by atoms with Gasteiger partial charge in [-0.2, -0.15) is 0 Å². The summed E-state index contributed by atoms with van der Waals surface area (Å²) in [6.45, 7) is 3.43. The summed E-state index contributed by atoms with van der Waals surface area (Å²) in [7, 11) is 1.88. The second-order valence-electron chi connectivity index (χ2n) is 8.35. The van der Waals surface area contributed by atoms with E-state index in [2.05, 4.69) is 34.1 Å². The molecule has 2 amide bonds. The van der Waals surface area contributed by atoms with Gasteiger partial charge >= 0.3 is 0 Å². The van der Waals surface area contributed by atoms with E-state index in [9.17, 15) is 9.59 Å². The summed E-state index contributed by atoms with van der Waals surface area (Å²) in [5.41, 5.74) is 2.66. The maximum absolute atomic E-state index is 12.6. The van der Waals surface area contributed by atoms with Gasteiger partial charge in [0.15, 0.2) is 0 Å². The van der Waals surface area contributed by atoms with Crippen LogP contribution >= 0.6 is 0 Å². The van der Waals surface area contributed by atoms with Crippen molar-refractivity contribution in [3.63, 3.8) is 0 Å². The lowest BCUT2D eigenvalue weighted by Crippen LogP contribution is -2.39. The van der Waals surface area contributed by atoms with Gasteiger partial charge < -0.3 is 14.9 Å². The lowest BCUT2D eigenvalue weighted by atomic mass is 10.1. The molecule has 2 heterocycles. The number of hydrogen-bond donors (Lipinski definition) is 1. The maximum Gasteiger partial charge on any atom is 0.290 e. The Labute approximate surface area is 172 Å². The second-order valence-corrected chi connectivity index (χ2v) is 8.35. The Balaban J connectivity index is 0.000000755. The van der Waals surface area contributed by atoms with Crippen molar-refractivity contribution >= 4 is 18.3 Å². The third kappa shape index (κ3) is 5.35. The van der Waals surface area contributed by atoms with Crippen molar-refractivity contribution < 1.29 is 19.5 Å². The molecule has 7 nitrogen and oxygen atoms in total. The summed E-state index contributed by atoms with van der Waals surface area (Å²) < 4.78 is 0. The molecule has 1 aliphatic carbocycles. The lowest BCUT2D eigenvalue weighted by Gasteiger charge is -2.26. The fourth-order valence-electron chi connectivity index (χ4n) is 4.82. The van der Waals surface area contributed by atoms with Gasteiger partial charge in [0.25, 0.3) is 6.47 Å². The van der Waals surface area contributed by atoms with Crippen molar-refractivity contribution in [2.24, 2.45) is 5.92 Å². The first-order valence-electron chi connectivity index (χ1n) is 10.4. The number of fused-ring (bicyclic) bond motifs is 1. The first-order chi connectivity index (χ1) is 14.0. The average molecular weight is 402 g/mol. The zero-order valence-corrected chi connectivity index (χ0v) is 17.1. The predicted molar refractivity (Wildman–Crippen MR) is 109 cm³/mol. The molecule has 1 aromatic carbocycles. The fraction of sp³-hybridized carbons (Fsp3) is 0.591. The first kappa shape index (κ1) is 21.3. The third-order valence-electron chi connectivity index (χ3n) is 6.23. The van der Waals surface area contributed by atoms with Crippen LogP contribution in [0.25, 0.3) is 0 Å². The Morgan fingerprint density at radius 1 is 1.21 bits per heavy atom. The third-order valence-corrected chi connectivity index (χ3v) is 6.23. The number of benzene rings is 1. The van der Waals surface area contributed by atoms with Crippen molar-refractivity contribution in [1.29, 1.82) is 0 Å². The predicted octanol–water partition coefficient (Wildman–Crippen LogP) is 1.95. The van der Waals surface area contributed by atoms with Gasteiger partial charge in [0.1, 0.15) is 0 Å². The number of carbonyl (C=O) groups excluding carboxylic acids is 2. The van der Waals surface area contributed by atoms with E-state index in [1.807, 2.05) is 11.9 Å². The number of likely N-dealkylation sites (tertiary alicyclic amines) is 1. The van der Waals surface area contributed by atoms with Gasteiger partial charge in [0, 0.05) is 51.6 Å². The van der Waals surface area contributed by atoms with E-state index in [0.29, 0.717) is 25.6 Å². The molecular weight excluding hydrogens is 370 g/mol. The van der Waals surface area contributed by atoms with Crippen LogP contribution in [0.2, 0.25) is 0 Å². The van der Waals surface area contributed by atoms with Gasteiger partial charge in [-0.1, -0.05) is 37.1 Å². The topological polar surface area (TPSA) is 81.2 Å². The summed E-state index contributed by atoms with van der Waals surface area (Å²) in [5, 5.41) is 6.89. The Bertz CT molecular complexity index is 708. The van der Waals surface area contributed by atoms with E-state index in [1.165, 1.54) is 24.0 Å². The Hall–Kier alpha value is -2.41. The number of rotatable bonds is 5. The maximum atomic E-state index is 12.6. The zero-order chi connectivity index (χ0) is 20.8. The molecule has 1 aromatic rings. The van der Waals surface area contributed by atoms with Gasteiger partial charge in [0.05, 0.1) is 6.54 Å². The van der Waals surface area contributed by atoms with Crippen molar-refractivity contribution in [3.05, 3.63) is 35.4 Å². The summed E-state index contributed by atoms with van der Waals surface area (Å²) in [6.07, 6.45) is 5.40. The number of amides is 2. The van der Waals surface area contributed by atoms with Gasteiger partial charge in [-0.05, 0) is 24.0 Å². The van der Waals surface area contributed by atoms with E-state index in [1.54, 1.807) is 0 Å². The molecule has 2 aliphatic heterocycles. The number of nitrogens with zero attached hydrogens (tertiary/aromatic N) is 3. The van der Waals surface area contributed by atoms with E-state index >= 15 is 0 Å². The number of carboxylic acid groups (broad SMARTS) is 1. The van der Waals surface area contributed by atoms with Gasteiger partial charge in [0.2, 0.25) is 11.8 Å². The molecule has 1 N–H and O–H groups in total. The van der Waals surface area contributed by atoms with Crippen LogP contribution in [0.5, 0.6) is 0 Å². The molecule has 1 saturated carbocycles. The molecule has 1 saturated heterocycles. The zero-order valence-electron chi connectivity index (χ0n) is 17.1. The molecule has 3 aliphatic rings. The lowest BCUT2D eigenvalue weighted by molar-refractivity contribution is -0.132. The molecule has 1 unspecified atom stereocenters. The van der Waals surface area contributed by atoms with Gasteiger partial charge in [-0.25, -0.2) is 0 Å². The minimum atomic E-state index is -0.250. The normalized spacial score (nSPS) is 21.6. The van der Waals surface area contributed by atoms with Crippen LogP contribution in [0.3, 0.4) is 0 Å². The summed E-state index contributed by atoms with van der Waals surface area (Å²) in [6, 6.07) is 8.86. The highest BCUT2D eigenvalue weighted by molar-refractivity contribution is 5.80. The van der Waals surface area contributed by atoms with Crippen LogP contribution in [0.15, 0.2) is 24.3 Å². The number of likely N-dealkylation sites (N-methyl/N-ethyl adjacent to an activating group) is 1. The van der Waals surface area contributed by atoms with Crippen LogP contribution in [0.1, 0.15) is 43.2 Å². The minimum absolute atomic E-state index is 0.157. The molecule has 0 spiro atoms. The van der Waals surface area contributed by atoms with Crippen molar-refractivity contribution in [3.8, 4) is 0 Å². The highest BCUT2D eigenvalue weighted by atomic mass is 16.3.